The second kappa shape index (κ2) is 4.56. The molecule has 21 heavy (non-hydrogen) atoms. The first kappa shape index (κ1) is 12.3. The lowest BCUT2D eigenvalue weighted by molar-refractivity contribution is 0.242. The molecular weight excluding hydrogens is 269 g/mol. The Morgan fingerprint density at radius 3 is 3.10 bits per heavy atom. The largest absolute Gasteiger partial charge is 0.488 e. The normalized spacial score (nSPS) is 17.0. The van der Waals surface area contributed by atoms with Crippen molar-refractivity contribution in [1.29, 1.82) is 0 Å². The summed E-state index contributed by atoms with van der Waals surface area (Å²) >= 11 is 0. The van der Waals surface area contributed by atoms with E-state index in [1.807, 2.05) is 18.2 Å². The number of nitrogens with one attached hydrogen (secondary N) is 1. The lowest BCUT2D eigenvalue weighted by Crippen LogP contribution is -2.24. The van der Waals surface area contributed by atoms with Gasteiger partial charge in [-0.2, -0.15) is 0 Å². The number of fused-ring (bicyclic) bond motifs is 2. The molecule has 1 unspecified atom stereocenters. The van der Waals surface area contributed by atoms with E-state index >= 15 is 0 Å². The third-order valence-electron chi connectivity index (χ3n) is 3.91. The zero-order chi connectivity index (χ0) is 14.4. The van der Waals surface area contributed by atoms with Crippen molar-refractivity contribution >= 4 is 11.0 Å². The van der Waals surface area contributed by atoms with Crippen LogP contribution in [0, 0.1) is 5.82 Å². The Morgan fingerprint density at radius 1 is 1.33 bits per heavy atom. The Bertz CT molecular complexity index is 828. The van der Waals surface area contributed by atoms with E-state index in [2.05, 4.69) is 9.97 Å². The second-order valence-corrected chi connectivity index (χ2v) is 5.22. The number of aromatic nitrogens is 2. The molecule has 1 aliphatic rings. The first-order chi connectivity index (χ1) is 10.3. The van der Waals surface area contributed by atoms with Gasteiger partial charge in [-0.15, -0.1) is 0 Å². The van der Waals surface area contributed by atoms with Crippen LogP contribution in [0.5, 0.6) is 5.75 Å². The summed E-state index contributed by atoms with van der Waals surface area (Å²) < 4.78 is 19.8. The van der Waals surface area contributed by atoms with Gasteiger partial charge >= 0.3 is 0 Å². The van der Waals surface area contributed by atoms with Crippen molar-refractivity contribution in [3.63, 3.8) is 0 Å². The fourth-order valence-corrected chi connectivity index (χ4v) is 2.83. The van der Waals surface area contributed by atoms with Gasteiger partial charge in [-0.1, -0.05) is 6.07 Å². The van der Waals surface area contributed by atoms with Crippen LogP contribution in [0.1, 0.15) is 5.56 Å². The smallest absolute Gasteiger partial charge is 0.133 e. The SMILES string of the molecule is NCC1Cc2c(F)ccc(-c3ccc4nc[nH]c4c3)c2O1. The van der Waals surface area contributed by atoms with Crippen LogP contribution in [0.15, 0.2) is 36.7 Å². The molecule has 0 fully saturated rings. The Balaban J connectivity index is 1.88. The van der Waals surface area contributed by atoms with Gasteiger partial charge in [0.15, 0.2) is 0 Å². The van der Waals surface area contributed by atoms with Crippen LogP contribution in [0.25, 0.3) is 22.2 Å². The molecule has 1 atom stereocenters. The van der Waals surface area contributed by atoms with E-state index in [1.165, 1.54) is 6.07 Å². The molecule has 0 aliphatic carbocycles. The maximum Gasteiger partial charge on any atom is 0.133 e. The molecule has 106 valence electrons. The van der Waals surface area contributed by atoms with E-state index in [-0.39, 0.29) is 11.9 Å². The minimum Gasteiger partial charge on any atom is -0.488 e. The molecule has 4 nitrogen and oxygen atoms in total. The van der Waals surface area contributed by atoms with Gasteiger partial charge in [0.2, 0.25) is 0 Å². The highest BCUT2D eigenvalue weighted by Gasteiger charge is 2.27. The van der Waals surface area contributed by atoms with Gasteiger partial charge < -0.3 is 15.5 Å². The van der Waals surface area contributed by atoms with Gasteiger partial charge in [0.25, 0.3) is 0 Å². The Kier molecular flexibility index (Phi) is 2.68. The van der Waals surface area contributed by atoms with Gasteiger partial charge in [-0.05, 0) is 29.8 Å². The summed E-state index contributed by atoms with van der Waals surface area (Å²) in [5, 5.41) is 0. The van der Waals surface area contributed by atoms with Crippen molar-refractivity contribution in [1.82, 2.24) is 9.97 Å². The number of benzene rings is 2. The van der Waals surface area contributed by atoms with Gasteiger partial charge in [-0.25, -0.2) is 9.37 Å². The number of hydrogen-bond donors (Lipinski definition) is 2. The predicted molar refractivity (Wildman–Crippen MR) is 78.7 cm³/mol. The third-order valence-corrected chi connectivity index (χ3v) is 3.91. The molecule has 5 heteroatoms. The van der Waals surface area contributed by atoms with E-state index in [4.69, 9.17) is 10.5 Å². The van der Waals surface area contributed by atoms with E-state index in [0.717, 1.165) is 22.2 Å². The average molecular weight is 283 g/mol. The summed E-state index contributed by atoms with van der Waals surface area (Å²) in [5.41, 5.74) is 9.98. The Hall–Kier alpha value is -2.40. The second-order valence-electron chi connectivity index (χ2n) is 5.22. The molecule has 0 amide bonds. The van der Waals surface area contributed by atoms with E-state index < -0.39 is 0 Å². The van der Waals surface area contributed by atoms with E-state index in [9.17, 15) is 4.39 Å². The van der Waals surface area contributed by atoms with E-state index in [1.54, 1.807) is 12.4 Å². The first-order valence-electron chi connectivity index (χ1n) is 6.88. The molecule has 0 saturated heterocycles. The van der Waals surface area contributed by atoms with Crippen molar-refractivity contribution in [3.8, 4) is 16.9 Å². The molecule has 1 aromatic heterocycles. The molecule has 2 heterocycles. The number of ether oxygens (including phenoxy) is 1. The maximum atomic E-state index is 14.0. The van der Waals surface area contributed by atoms with Crippen LogP contribution in [-0.2, 0) is 6.42 Å². The number of halogens is 1. The van der Waals surface area contributed by atoms with Gasteiger partial charge in [0.1, 0.15) is 17.7 Å². The van der Waals surface area contributed by atoms with Crippen molar-refractivity contribution in [2.24, 2.45) is 5.73 Å². The first-order valence-corrected chi connectivity index (χ1v) is 6.88. The summed E-state index contributed by atoms with van der Waals surface area (Å²) in [7, 11) is 0. The number of imidazole rings is 1. The number of rotatable bonds is 2. The zero-order valence-electron chi connectivity index (χ0n) is 11.3. The molecule has 0 spiro atoms. The minimum absolute atomic E-state index is 0.147. The fourth-order valence-electron chi connectivity index (χ4n) is 2.83. The number of aromatic amines is 1. The lowest BCUT2D eigenvalue weighted by Gasteiger charge is -2.11. The fraction of sp³-hybridized carbons (Fsp3) is 0.188. The number of nitrogens with two attached hydrogens (primary N) is 1. The van der Waals surface area contributed by atoms with Crippen molar-refractivity contribution in [2.75, 3.05) is 6.54 Å². The summed E-state index contributed by atoms with van der Waals surface area (Å²) in [4.78, 5) is 7.28. The zero-order valence-corrected chi connectivity index (χ0v) is 11.3. The van der Waals surface area contributed by atoms with E-state index in [0.29, 0.717) is 24.3 Å². The highest BCUT2D eigenvalue weighted by molar-refractivity contribution is 5.84. The topological polar surface area (TPSA) is 63.9 Å². The quantitative estimate of drug-likeness (QED) is 0.760. The number of hydrogen-bond acceptors (Lipinski definition) is 3. The summed E-state index contributed by atoms with van der Waals surface area (Å²) in [6, 6.07) is 9.15. The van der Waals surface area contributed by atoms with Gasteiger partial charge in [-0.3, -0.25) is 0 Å². The Labute approximate surface area is 120 Å². The van der Waals surface area contributed by atoms with Crippen LogP contribution < -0.4 is 10.5 Å². The van der Waals surface area contributed by atoms with Crippen molar-refractivity contribution < 1.29 is 9.13 Å². The molecule has 3 N–H and O–H groups in total. The molecule has 4 rings (SSSR count). The summed E-state index contributed by atoms with van der Waals surface area (Å²) in [6.45, 7) is 0.382. The maximum absolute atomic E-state index is 14.0. The standard InChI is InChI=1S/C16H14FN3O/c17-13-3-2-11(16-12(13)6-10(7-18)21-16)9-1-4-14-15(5-9)20-8-19-14/h1-5,8,10H,6-7,18H2,(H,19,20). The molecule has 0 bridgehead atoms. The summed E-state index contributed by atoms with van der Waals surface area (Å²) in [6.07, 6.45) is 2.04. The van der Waals surface area contributed by atoms with Gasteiger partial charge in [0, 0.05) is 24.1 Å². The molecule has 3 aromatic rings. The van der Waals surface area contributed by atoms with Crippen LogP contribution >= 0.6 is 0 Å². The van der Waals surface area contributed by atoms with Crippen LogP contribution in [0.2, 0.25) is 0 Å². The lowest BCUT2D eigenvalue weighted by atomic mass is 9.99. The number of H-pyrrole nitrogens is 1. The number of nitrogens with zero attached hydrogens (tertiary/aromatic N) is 1. The molecular formula is C16H14FN3O. The highest BCUT2D eigenvalue weighted by Crippen LogP contribution is 2.40. The summed E-state index contributed by atoms with van der Waals surface area (Å²) in [5.74, 6) is 0.386. The average Bonchev–Trinajstić information content (AvgIpc) is 3.13. The highest BCUT2D eigenvalue weighted by atomic mass is 19.1. The van der Waals surface area contributed by atoms with Crippen molar-refractivity contribution in [2.45, 2.75) is 12.5 Å². The predicted octanol–water partition coefficient (Wildman–Crippen LogP) is 2.63. The van der Waals surface area contributed by atoms with Crippen LogP contribution in [-0.4, -0.2) is 22.6 Å². The molecule has 0 radical (unpaired) electrons. The Morgan fingerprint density at radius 2 is 2.24 bits per heavy atom. The monoisotopic (exact) mass is 283 g/mol. The van der Waals surface area contributed by atoms with Crippen LogP contribution in [0.3, 0.4) is 0 Å². The molecule has 1 aliphatic heterocycles. The third kappa shape index (κ3) is 1.89. The molecule has 0 saturated carbocycles. The minimum atomic E-state index is -0.229. The molecule has 2 aromatic carbocycles. The van der Waals surface area contributed by atoms with Crippen molar-refractivity contribution in [3.05, 3.63) is 48.0 Å². The van der Waals surface area contributed by atoms with Crippen LogP contribution in [0.4, 0.5) is 4.39 Å². The van der Waals surface area contributed by atoms with Gasteiger partial charge in [0.05, 0.1) is 17.4 Å².